The van der Waals surface area contributed by atoms with Gasteiger partial charge in [0.15, 0.2) is 5.13 Å². The quantitative estimate of drug-likeness (QED) is 0.347. The summed E-state index contributed by atoms with van der Waals surface area (Å²) in [4.78, 5) is 14.5. The van der Waals surface area contributed by atoms with Crippen LogP contribution in [0.15, 0.2) is 36.9 Å². The number of rotatable bonds is 8. The summed E-state index contributed by atoms with van der Waals surface area (Å²) in [6, 6.07) is 1.95. The van der Waals surface area contributed by atoms with Crippen LogP contribution in [0, 0.1) is 12.8 Å². The first kappa shape index (κ1) is 26.0. The van der Waals surface area contributed by atoms with E-state index in [0.29, 0.717) is 16.5 Å². The van der Waals surface area contributed by atoms with Crippen molar-refractivity contribution in [1.29, 1.82) is 0 Å². The zero-order valence-corrected chi connectivity index (χ0v) is 20.2. The third kappa shape index (κ3) is 6.85. The number of pyridine rings is 1. The van der Waals surface area contributed by atoms with Crippen molar-refractivity contribution in [3.05, 3.63) is 53.1 Å². The average molecular weight is 484 g/mol. The molecule has 0 spiro atoms. The van der Waals surface area contributed by atoms with Gasteiger partial charge in [0.2, 0.25) is 0 Å². The third-order valence-corrected chi connectivity index (χ3v) is 6.57. The van der Waals surface area contributed by atoms with Crippen molar-refractivity contribution < 1.29 is 13.2 Å². The molecule has 0 saturated heterocycles. The van der Waals surface area contributed by atoms with Crippen LogP contribution in [0.25, 0.3) is 10.6 Å². The van der Waals surface area contributed by atoms with Crippen LogP contribution in [0.1, 0.15) is 37.0 Å². The summed E-state index contributed by atoms with van der Waals surface area (Å²) < 4.78 is 39.2. The fourth-order valence-electron chi connectivity index (χ4n) is 2.95. The topological polar surface area (TPSA) is 62.7 Å². The van der Waals surface area contributed by atoms with Gasteiger partial charge < -0.3 is 10.6 Å². The highest BCUT2D eigenvalue weighted by atomic mass is 32.1. The van der Waals surface area contributed by atoms with Crippen LogP contribution in [0.5, 0.6) is 0 Å². The van der Waals surface area contributed by atoms with Gasteiger partial charge in [-0.3, -0.25) is 0 Å². The number of halogens is 3. The molecule has 0 radical (unpaired) electrons. The van der Waals surface area contributed by atoms with E-state index in [4.69, 9.17) is 0 Å². The molecule has 10 heteroatoms. The summed E-state index contributed by atoms with van der Waals surface area (Å²) >= 11 is 3.12. The molecule has 0 bridgehead atoms. The Morgan fingerprint density at radius 1 is 1.16 bits per heavy atom. The summed E-state index contributed by atoms with van der Waals surface area (Å²) in [5.74, 6) is 0.0414. The Bertz CT molecular complexity index is 980. The number of hydrogen-bond acceptors (Lipinski definition) is 7. The highest BCUT2D eigenvalue weighted by molar-refractivity contribution is 7.16. The molecular formula is C22H28F3N5S2. The second-order valence-electron chi connectivity index (χ2n) is 7.23. The monoisotopic (exact) mass is 483 g/mol. The number of nitrogens with zero attached hydrogens (tertiary/aromatic N) is 3. The van der Waals surface area contributed by atoms with Crippen LogP contribution >= 0.6 is 22.7 Å². The van der Waals surface area contributed by atoms with E-state index in [1.807, 2.05) is 12.3 Å². The minimum absolute atomic E-state index is 0.0987. The van der Waals surface area contributed by atoms with Gasteiger partial charge in [-0.15, -0.1) is 35.8 Å². The predicted molar refractivity (Wildman–Crippen MR) is 128 cm³/mol. The lowest BCUT2D eigenvalue weighted by Gasteiger charge is -2.25. The molecular weight excluding hydrogens is 455 g/mol. The van der Waals surface area contributed by atoms with Gasteiger partial charge in [0.05, 0.1) is 21.3 Å². The van der Waals surface area contributed by atoms with E-state index < -0.39 is 18.1 Å². The second kappa shape index (κ2) is 11.5. The summed E-state index contributed by atoms with van der Waals surface area (Å²) in [5, 5.41) is 9.49. The molecule has 32 heavy (non-hydrogen) atoms. The average Bonchev–Trinajstić information content (AvgIpc) is 3.35. The zero-order valence-electron chi connectivity index (χ0n) is 18.6. The van der Waals surface area contributed by atoms with Crippen molar-refractivity contribution in [3.8, 4) is 10.6 Å². The molecule has 2 N–H and O–H groups in total. The highest BCUT2D eigenvalue weighted by Gasteiger charge is 2.41. The van der Waals surface area contributed by atoms with Gasteiger partial charge in [-0.05, 0) is 30.9 Å². The van der Waals surface area contributed by atoms with Crippen LogP contribution in [0.3, 0.4) is 0 Å². The Hall–Kier alpha value is -2.30. The number of thiazole rings is 2. The van der Waals surface area contributed by atoms with Crippen LogP contribution in [0.2, 0.25) is 0 Å². The first-order valence-electron chi connectivity index (χ1n) is 10.1. The second-order valence-corrected chi connectivity index (χ2v) is 9.18. The van der Waals surface area contributed by atoms with E-state index in [1.165, 1.54) is 11.3 Å². The minimum atomic E-state index is -4.28. The van der Waals surface area contributed by atoms with Crippen molar-refractivity contribution in [3.63, 3.8) is 0 Å². The molecule has 3 rings (SSSR count). The van der Waals surface area contributed by atoms with Crippen molar-refractivity contribution in [2.45, 2.75) is 52.9 Å². The largest absolute Gasteiger partial charge is 0.404 e. The lowest BCUT2D eigenvalue weighted by molar-refractivity contribution is -0.165. The van der Waals surface area contributed by atoms with Crippen LogP contribution in [0.4, 0.5) is 24.1 Å². The molecule has 0 aliphatic heterocycles. The normalized spacial score (nSPS) is 12.4. The molecule has 3 aromatic heterocycles. The summed E-state index contributed by atoms with van der Waals surface area (Å²) in [6.07, 6.45) is -1.81. The summed E-state index contributed by atoms with van der Waals surface area (Å²) in [5.41, 5.74) is 2.54. The van der Waals surface area contributed by atoms with Crippen molar-refractivity contribution in [2.24, 2.45) is 5.92 Å². The SMILES string of the molecule is C=C.CCc1nc(C)c(-c2csc(Nc3ccc(CNC(C(C)C)C(F)(F)F)cn3)n2)s1. The van der Waals surface area contributed by atoms with Crippen molar-refractivity contribution in [2.75, 3.05) is 5.32 Å². The maximum absolute atomic E-state index is 13.1. The van der Waals surface area contributed by atoms with Crippen LogP contribution in [-0.2, 0) is 13.0 Å². The van der Waals surface area contributed by atoms with E-state index in [0.717, 1.165) is 27.7 Å². The Kier molecular flexibility index (Phi) is 9.35. The predicted octanol–water partition coefficient (Wildman–Crippen LogP) is 6.75. The van der Waals surface area contributed by atoms with Gasteiger partial charge in [0.25, 0.3) is 0 Å². The van der Waals surface area contributed by atoms with Gasteiger partial charge in [0, 0.05) is 18.1 Å². The van der Waals surface area contributed by atoms with E-state index in [2.05, 4.69) is 45.7 Å². The number of nitrogens with one attached hydrogen (secondary N) is 2. The Labute approximate surface area is 194 Å². The van der Waals surface area contributed by atoms with Gasteiger partial charge in [-0.1, -0.05) is 26.8 Å². The molecule has 5 nitrogen and oxygen atoms in total. The Morgan fingerprint density at radius 2 is 1.88 bits per heavy atom. The smallest absolute Gasteiger partial charge is 0.316 e. The lowest BCUT2D eigenvalue weighted by atomic mass is 10.0. The van der Waals surface area contributed by atoms with E-state index in [1.54, 1.807) is 43.5 Å². The summed E-state index contributed by atoms with van der Waals surface area (Å²) in [6.45, 7) is 13.3. The lowest BCUT2D eigenvalue weighted by Crippen LogP contribution is -2.45. The van der Waals surface area contributed by atoms with E-state index >= 15 is 0 Å². The maximum atomic E-state index is 13.1. The Morgan fingerprint density at radius 3 is 2.41 bits per heavy atom. The first-order chi connectivity index (χ1) is 15.2. The number of hydrogen-bond donors (Lipinski definition) is 2. The molecule has 3 heterocycles. The molecule has 0 amide bonds. The molecule has 0 saturated carbocycles. The number of aryl methyl sites for hydroxylation is 2. The molecule has 0 aliphatic carbocycles. The molecule has 0 fully saturated rings. The highest BCUT2D eigenvalue weighted by Crippen LogP contribution is 2.33. The molecule has 1 unspecified atom stereocenters. The van der Waals surface area contributed by atoms with Crippen molar-refractivity contribution >= 4 is 33.6 Å². The number of anilines is 2. The molecule has 0 aromatic carbocycles. The van der Waals surface area contributed by atoms with Gasteiger partial charge in [-0.25, -0.2) is 15.0 Å². The first-order valence-corrected chi connectivity index (χ1v) is 11.8. The molecule has 3 aromatic rings. The minimum Gasteiger partial charge on any atom is -0.316 e. The standard InChI is InChI=1S/C20H24F3N5S2.C2H4/c1-5-16-26-12(4)17(30-16)14-10-29-19(27-14)28-15-7-6-13(8-24-15)9-25-18(11(2)3)20(21,22)23;1-2/h6-8,10-11,18,25H,5,9H2,1-4H3,(H,24,27,28);1-2H2. The van der Waals surface area contributed by atoms with E-state index in [-0.39, 0.29) is 6.54 Å². The molecule has 0 aliphatic rings. The van der Waals surface area contributed by atoms with Gasteiger partial charge >= 0.3 is 6.18 Å². The number of aromatic nitrogens is 3. The van der Waals surface area contributed by atoms with Gasteiger partial charge in [0.1, 0.15) is 11.9 Å². The maximum Gasteiger partial charge on any atom is 0.404 e. The summed E-state index contributed by atoms with van der Waals surface area (Å²) in [7, 11) is 0. The van der Waals surface area contributed by atoms with Gasteiger partial charge in [-0.2, -0.15) is 13.2 Å². The van der Waals surface area contributed by atoms with E-state index in [9.17, 15) is 13.2 Å². The van der Waals surface area contributed by atoms with Crippen LogP contribution < -0.4 is 10.6 Å². The molecule has 174 valence electrons. The van der Waals surface area contributed by atoms with Crippen molar-refractivity contribution in [1.82, 2.24) is 20.3 Å². The fraction of sp³-hybridized carbons (Fsp3) is 0.409. The molecule has 1 atom stereocenters. The van der Waals surface area contributed by atoms with Crippen LogP contribution in [-0.4, -0.2) is 27.2 Å². The third-order valence-electron chi connectivity index (χ3n) is 4.49. The fourth-order valence-corrected chi connectivity index (χ4v) is 4.69. The zero-order chi connectivity index (χ0) is 23.9. The Balaban J connectivity index is 0.00000176. The number of alkyl halides is 3.